The van der Waals surface area contributed by atoms with Crippen LogP contribution in [0.4, 0.5) is 27.5 Å². The van der Waals surface area contributed by atoms with Crippen LogP contribution in [0.25, 0.3) is 10.9 Å². The number of benzene rings is 2. The first-order chi connectivity index (χ1) is 15.4. The molecule has 4 aromatic rings. The van der Waals surface area contributed by atoms with E-state index in [1.807, 2.05) is 37.3 Å². The Morgan fingerprint density at radius 2 is 1.97 bits per heavy atom. The Kier molecular flexibility index (Phi) is 6.02. The lowest BCUT2D eigenvalue weighted by Crippen LogP contribution is -2.21. The zero-order valence-corrected chi connectivity index (χ0v) is 18.2. The number of carbonyl (C=O) groups excluding carboxylic acids is 1. The Hall–Kier alpha value is -3.94. The van der Waals surface area contributed by atoms with Crippen LogP contribution in [0.3, 0.4) is 0 Å². The summed E-state index contributed by atoms with van der Waals surface area (Å²) in [5, 5.41) is 6.74. The maximum atomic E-state index is 14.9. The Morgan fingerprint density at radius 1 is 1.12 bits per heavy atom. The summed E-state index contributed by atoms with van der Waals surface area (Å²) < 4.78 is 14.9. The van der Waals surface area contributed by atoms with Gasteiger partial charge in [-0.1, -0.05) is 12.1 Å². The average molecular weight is 433 g/mol. The van der Waals surface area contributed by atoms with Gasteiger partial charge in [-0.15, -0.1) is 0 Å². The summed E-state index contributed by atoms with van der Waals surface area (Å²) in [6.45, 7) is 1.89. The minimum Gasteiger partial charge on any atom is -0.359 e. The van der Waals surface area contributed by atoms with Crippen LogP contribution in [-0.4, -0.2) is 39.9 Å². The van der Waals surface area contributed by atoms with Gasteiger partial charge in [0.1, 0.15) is 5.82 Å². The maximum absolute atomic E-state index is 14.9. The zero-order valence-electron chi connectivity index (χ0n) is 18.2. The van der Waals surface area contributed by atoms with Crippen LogP contribution in [0.5, 0.6) is 0 Å². The zero-order chi connectivity index (χ0) is 22.7. The molecule has 3 N–H and O–H groups in total. The number of nitrogens with one attached hydrogen (secondary N) is 3. The van der Waals surface area contributed by atoms with Gasteiger partial charge >= 0.3 is 0 Å². The van der Waals surface area contributed by atoms with Gasteiger partial charge in [-0.3, -0.25) is 4.79 Å². The Bertz CT molecular complexity index is 1270. The molecule has 0 aliphatic heterocycles. The molecule has 7 nitrogen and oxygen atoms in total. The van der Waals surface area contributed by atoms with Crippen molar-refractivity contribution >= 4 is 40.0 Å². The summed E-state index contributed by atoms with van der Waals surface area (Å²) in [5.74, 6) is 0.613. The number of fused-ring (bicyclic) bond motifs is 1. The van der Waals surface area contributed by atoms with Gasteiger partial charge in [-0.2, -0.15) is 4.98 Å². The van der Waals surface area contributed by atoms with Gasteiger partial charge in [-0.25, -0.2) is 9.37 Å². The number of aromatic nitrogens is 3. The Morgan fingerprint density at radius 3 is 2.78 bits per heavy atom. The third kappa shape index (κ3) is 4.85. The molecule has 0 aliphatic rings. The lowest BCUT2D eigenvalue weighted by Gasteiger charge is -2.11. The minimum absolute atomic E-state index is 0.0886. The van der Waals surface area contributed by atoms with Crippen LogP contribution in [-0.2, 0) is 11.2 Å². The van der Waals surface area contributed by atoms with Crippen LogP contribution in [0.2, 0.25) is 0 Å². The predicted octanol–water partition coefficient (Wildman–Crippen LogP) is 4.91. The molecule has 2 aromatic heterocycles. The molecule has 1 amide bonds. The molecule has 0 fully saturated rings. The van der Waals surface area contributed by atoms with Gasteiger partial charge in [0, 0.05) is 49.0 Å². The SMILES string of the molecule is Cc1cc2c(F)c(Nc3ccnc(Nc4cccc(CCC(=O)N(C)C)c4)n3)ccc2[nH]1. The number of halogens is 1. The van der Waals surface area contributed by atoms with E-state index in [1.165, 1.54) is 0 Å². The van der Waals surface area contributed by atoms with E-state index in [4.69, 9.17) is 0 Å². The topological polar surface area (TPSA) is 85.9 Å². The molecular weight excluding hydrogens is 407 g/mol. The first-order valence-electron chi connectivity index (χ1n) is 10.3. The van der Waals surface area contributed by atoms with Crippen LogP contribution >= 0.6 is 0 Å². The standard InChI is InChI=1S/C24H25FN6O/c1-15-13-18-19(27-15)8-9-20(23(18)25)29-21-11-12-26-24(30-21)28-17-6-4-5-16(14-17)7-10-22(32)31(2)3/h4-6,8-9,11-14,27H,7,10H2,1-3H3,(H2,26,28,29,30). The molecule has 0 unspecified atom stereocenters. The highest BCUT2D eigenvalue weighted by Crippen LogP contribution is 2.27. The number of hydrogen-bond donors (Lipinski definition) is 3. The molecule has 0 saturated heterocycles. The van der Waals surface area contributed by atoms with E-state index < -0.39 is 0 Å². The third-order valence-electron chi connectivity index (χ3n) is 5.10. The van der Waals surface area contributed by atoms with Gasteiger partial charge in [0.25, 0.3) is 0 Å². The summed E-state index contributed by atoms with van der Waals surface area (Å²) in [7, 11) is 3.50. The second-order valence-electron chi connectivity index (χ2n) is 7.84. The van der Waals surface area contributed by atoms with E-state index >= 15 is 0 Å². The molecule has 0 bridgehead atoms. The van der Waals surface area contributed by atoms with E-state index in [-0.39, 0.29) is 11.7 Å². The van der Waals surface area contributed by atoms with Gasteiger partial charge < -0.3 is 20.5 Å². The lowest BCUT2D eigenvalue weighted by molar-refractivity contribution is -0.128. The van der Waals surface area contributed by atoms with Crippen molar-refractivity contribution in [3.8, 4) is 0 Å². The number of nitrogens with zero attached hydrogens (tertiary/aromatic N) is 3. The van der Waals surface area contributed by atoms with Gasteiger partial charge in [0.15, 0.2) is 5.82 Å². The van der Waals surface area contributed by atoms with Crippen molar-refractivity contribution in [1.29, 1.82) is 0 Å². The van der Waals surface area contributed by atoms with E-state index in [9.17, 15) is 9.18 Å². The third-order valence-corrected chi connectivity index (χ3v) is 5.10. The van der Waals surface area contributed by atoms with Gasteiger partial charge in [-0.05, 0) is 55.3 Å². The number of hydrogen-bond acceptors (Lipinski definition) is 5. The molecule has 0 atom stereocenters. The molecule has 0 aliphatic carbocycles. The smallest absolute Gasteiger partial charge is 0.229 e. The molecule has 8 heteroatoms. The number of carbonyl (C=O) groups is 1. The van der Waals surface area contributed by atoms with Crippen molar-refractivity contribution in [3.63, 3.8) is 0 Å². The fourth-order valence-electron chi connectivity index (χ4n) is 3.44. The van der Waals surface area contributed by atoms with Crippen molar-refractivity contribution in [2.45, 2.75) is 19.8 Å². The van der Waals surface area contributed by atoms with Crippen molar-refractivity contribution in [2.24, 2.45) is 0 Å². The maximum Gasteiger partial charge on any atom is 0.229 e. The molecule has 0 radical (unpaired) electrons. The molecule has 2 heterocycles. The summed E-state index contributed by atoms with van der Waals surface area (Å²) in [6.07, 6.45) is 2.70. The van der Waals surface area contributed by atoms with Gasteiger partial charge in [0.05, 0.1) is 5.69 Å². The van der Waals surface area contributed by atoms with Crippen LogP contribution < -0.4 is 10.6 Å². The highest BCUT2D eigenvalue weighted by atomic mass is 19.1. The van der Waals surface area contributed by atoms with E-state index in [0.717, 1.165) is 22.5 Å². The molecule has 0 spiro atoms. The first kappa shape index (κ1) is 21.3. The van der Waals surface area contributed by atoms with Crippen LogP contribution in [0.1, 0.15) is 17.7 Å². The summed E-state index contributed by atoms with van der Waals surface area (Å²) in [6, 6.07) is 14.7. The summed E-state index contributed by atoms with van der Waals surface area (Å²) in [5.41, 5.74) is 3.85. The van der Waals surface area contributed by atoms with Crippen LogP contribution in [0.15, 0.2) is 54.7 Å². The minimum atomic E-state index is -0.333. The monoisotopic (exact) mass is 432 g/mol. The average Bonchev–Trinajstić information content (AvgIpc) is 3.16. The molecular formula is C24H25FN6O. The molecule has 32 heavy (non-hydrogen) atoms. The van der Waals surface area contributed by atoms with E-state index in [1.54, 1.807) is 43.4 Å². The van der Waals surface area contributed by atoms with Crippen molar-refractivity contribution < 1.29 is 9.18 Å². The van der Waals surface area contributed by atoms with Gasteiger partial charge in [0.2, 0.25) is 11.9 Å². The number of anilines is 4. The lowest BCUT2D eigenvalue weighted by atomic mass is 10.1. The van der Waals surface area contributed by atoms with Crippen molar-refractivity contribution in [2.75, 3.05) is 24.7 Å². The highest BCUT2D eigenvalue weighted by molar-refractivity contribution is 5.85. The molecule has 0 saturated carbocycles. The fourth-order valence-corrected chi connectivity index (χ4v) is 3.44. The number of aromatic amines is 1. The van der Waals surface area contributed by atoms with Crippen LogP contribution in [0, 0.1) is 12.7 Å². The number of rotatable bonds is 7. The number of aryl methyl sites for hydroxylation is 2. The first-order valence-corrected chi connectivity index (χ1v) is 10.3. The predicted molar refractivity (Wildman–Crippen MR) is 125 cm³/mol. The number of H-pyrrole nitrogens is 1. The van der Waals surface area contributed by atoms with E-state index in [0.29, 0.717) is 35.7 Å². The molecule has 164 valence electrons. The van der Waals surface area contributed by atoms with Crippen molar-refractivity contribution in [3.05, 3.63) is 71.8 Å². The quantitative estimate of drug-likeness (QED) is 0.386. The molecule has 4 rings (SSSR count). The van der Waals surface area contributed by atoms with E-state index in [2.05, 4.69) is 25.6 Å². The second-order valence-corrected chi connectivity index (χ2v) is 7.84. The Labute approximate surface area is 185 Å². The summed E-state index contributed by atoms with van der Waals surface area (Å²) in [4.78, 5) is 25.3. The molecule has 2 aromatic carbocycles. The second kappa shape index (κ2) is 9.05. The summed E-state index contributed by atoms with van der Waals surface area (Å²) >= 11 is 0. The number of amides is 1. The fraction of sp³-hybridized carbons (Fsp3) is 0.208. The van der Waals surface area contributed by atoms with Crippen molar-refractivity contribution in [1.82, 2.24) is 19.9 Å². The normalized spacial score (nSPS) is 10.9. The largest absolute Gasteiger partial charge is 0.359 e. The highest BCUT2D eigenvalue weighted by Gasteiger charge is 2.11. The Balaban J connectivity index is 1.47.